The first kappa shape index (κ1) is 39.2. The molecule has 2 aliphatic rings. The van der Waals surface area contributed by atoms with Crippen molar-refractivity contribution in [3.63, 3.8) is 0 Å². The van der Waals surface area contributed by atoms with Crippen LogP contribution in [0, 0.1) is 6.92 Å². The zero-order chi connectivity index (χ0) is 40.9. The third-order valence-electron chi connectivity index (χ3n) is 10.3. The topological polar surface area (TPSA) is 83.5 Å². The number of hydrogen-bond acceptors (Lipinski definition) is 8. The maximum atomic E-state index is 14.0. The van der Waals surface area contributed by atoms with E-state index in [1.165, 1.54) is 7.11 Å². The molecule has 0 aromatic heterocycles. The van der Waals surface area contributed by atoms with Crippen molar-refractivity contribution in [1.82, 2.24) is 0 Å². The number of carbonyl (C=O) groups excluding carboxylic acids is 2. The van der Waals surface area contributed by atoms with Crippen molar-refractivity contribution in [2.75, 3.05) is 11.8 Å². The maximum absolute atomic E-state index is 14.0. The number of anilines is 2. The van der Waals surface area contributed by atoms with E-state index in [1.807, 2.05) is 90.5 Å². The van der Waals surface area contributed by atoms with Crippen LogP contribution in [-0.2, 0) is 20.1 Å². The van der Waals surface area contributed by atoms with Gasteiger partial charge in [0.25, 0.3) is 0 Å². The number of hydrogen-bond donors (Lipinski definition) is 0. The number of aryl methyl sites for hydroxylation is 1. The van der Waals surface area contributed by atoms with Gasteiger partial charge in [0, 0.05) is 16.7 Å². The smallest absolute Gasteiger partial charge is 0.424 e. The molecule has 58 heavy (non-hydrogen) atoms. The molecular formula is C48H45NO7P2. The zero-order valence-electron chi connectivity index (χ0n) is 33.8. The minimum absolute atomic E-state index is 0.194. The molecule has 0 saturated carbocycles. The van der Waals surface area contributed by atoms with Crippen LogP contribution in [0.4, 0.5) is 11.4 Å². The highest BCUT2D eigenvalue weighted by atomic mass is 31.2. The van der Waals surface area contributed by atoms with E-state index in [1.54, 1.807) is 12.1 Å². The van der Waals surface area contributed by atoms with Gasteiger partial charge in [-0.3, -0.25) is 4.67 Å². The van der Waals surface area contributed by atoms with Crippen LogP contribution in [0.2, 0.25) is 0 Å². The third-order valence-corrected chi connectivity index (χ3v) is 13.2. The molecule has 2 unspecified atom stereocenters. The SMILES string of the molecule is COC(=O)c1cc(C(C)(C)C)cc(-c2cc(C(C)(C)C)cc(C)c2OP2Oc3ccccc3-c3ccccc32)c1OP1OC(=O)c2ccccc2N1c1ccccc1. The Kier molecular flexibility index (Phi) is 10.3. The largest absolute Gasteiger partial charge is 0.465 e. The van der Waals surface area contributed by atoms with Crippen LogP contribution >= 0.6 is 16.9 Å². The summed E-state index contributed by atoms with van der Waals surface area (Å²) in [5, 5.41) is 0.950. The molecule has 2 atom stereocenters. The van der Waals surface area contributed by atoms with Crippen LogP contribution in [0.5, 0.6) is 17.2 Å². The summed E-state index contributed by atoms with van der Waals surface area (Å²) in [6.07, 6.45) is 0. The second-order valence-electron chi connectivity index (χ2n) is 16.4. The van der Waals surface area contributed by atoms with Crippen LogP contribution in [0.25, 0.3) is 22.3 Å². The minimum atomic E-state index is -2.22. The van der Waals surface area contributed by atoms with E-state index in [0.717, 1.165) is 44.6 Å². The summed E-state index contributed by atoms with van der Waals surface area (Å²) in [5.74, 6) is 0.417. The van der Waals surface area contributed by atoms with Gasteiger partial charge in [-0.25, -0.2) is 9.59 Å². The number of ether oxygens (including phenoxy) is 1. The lowest BCUT2D eigenvalue weighted by Gasteiger charge is -2.36. The number of fused-ring (bicyclic) bond motifs is 4. The average molecular weight is 810 g/mol. The van der Waals surface area contributed by atoms with E-state index in [2.05, 4.69) is 77.9 Å². The quantitative estimate of drug-likeness (QED) is 0.116. The van der Waals surface area contributed by atoms with Crippen LogP contribution in [0.15, 0.2) is 127 Å². The van der Waals surface area contributed by atoms with Crippen LogP contribution < -0.4 is 23.5 Å². The lowest BCUT2D eigenvalue weighted by atomic mass is 9.81. The molecule has 0 spiro atoms. The second-order valence-corrected chi connectivity index (χ2v) is 19.0. The Hall–Kier alpha value is -5.68. The van der Waals surface area contributed by atoms with Crippen molar-refractivity contribution in [2.45, 2.75) is 59.3 Å². The summed E-state index contributed by atoms with van der Waals surface area (Å²) < 4.78 is 34.4. The average Bonchev–Trinajstić information content (AvgIpc) is 3.21. The fraction of sp³-hybridized carbons (Fsp3) is 0.208. The van der Waals surface area contributed by atoms with Crippen molar-refractivity contribution in [2.24, 2.45) is 0 Å². The van der Waals surface area contributed by atoms with Crippen LogP contribution in [-0.4, -0.2) is 19.0 Å². The molecule has 0 bridgehead atoms. The summed E-state index contributed by atoms with van der Waals surface area (Å²) in [6, 6.07) is 41.2. The molecule has 6 aromatic rings. The Morgan fingerprint density at radius 1 is 0.621 bits per heavy atom. The molecule has 0 fully saturated rings. The lowest BCUT2D eigenvalue weighted by molar-refractivity contribution is 0.0598. The number of rotatable bonds is 7. The molecule has 10 heteroatoms. The number of methoxy groups -OCH3 is 1. The van der Waals surface area contributed by atoms with Gasteiger partial charge in [0.05, 0.1) is 29.4 Å². The molecule has 0 aliphatic carbocycles. The number of nitrogens with zero attached hydrogens (tertiary/aromatic N) is 1. The van der Waals surface area contributed by atoms with Crippen LogP contribution in [0.3, 0.4) is 0 Å². The highest BCUT2D eigenvalue weighted by Crippen LogP contribution is 2.59. The normalized spacial score (nSPS) is 15.9. The first-order chi connectivity index (χ1) is 27.7. The number of para-hydroxylation sites is 3. The summed E-state index contributed by atoms with van der Waals surface area (Å²) >= 11 is 0. The molecular weight excluding hydrogens is 764 g/mol. The summed E-state index contributed by atoms with van der Waals surface area (Å²) in [7, 11) is -2.53. The van der Waals surface area contributed by atoms with Crippen molar-refractivity contribution in [3.05, 3.63) is 155 Å². The summed E-state index contributed by atoms with van der Waals surface area (Å²) in [6.45, 7) is 14.8. The first-order valence-corrected chi connectivity index (χ1v) is 21.4. The van der Waals surface area contributed by atoms with E-state index < -0.39 is 34.3 Å². The maximum Gasteiger partial charge on any atom is 0.424 e. The van der Waals surface area contributed by atoms with Gasteiger partial charge in [-0.05, 0) is 94.6 Å². The molecule has 0 saturated heterocycles. The van der Waals surface area contributed by atoms with Crippen molar-refractivity contribution in [3.8, 4) is 39.5 Å². The summed E-state index contributed by atoms with van der Waals surface area (Å²) in [5.41, 5.74) is 7.48. The van der Waals surface area contributed by atoms with E-state index >= 15 is 0 Å². The molecule has 6 aromatic carbocycles. The predicted octanol–water partition coefficient (Wildman–Crippen LogP) is 12.7. The molecule has 8 nitrogen and oxygen atoms in total. The third kappa shape index (κ3) is 7.32. The van der Waals surface area contributed by atoms with Gasteiger partial charge in [0.1, 0.15) is 17.1 Å². The number of benzene rings is 6. The molecule has 0 amide bonds. The Labute approximate surface area is 342 Å². The van der Waals surface area contributed by atoms with Gasteiger partial charge in [-0.1, -0.05) is 114 Å². The summed E-state index contributed by atoms with van der Waals surface area (Å²) in [4.78, 5) is 27.7. The molecule has 0 radical (unpaired) electrons. The number of carbonyl (C=O) groups is 2. The van der Waals surface area contributed by atoms with E-state index in [0.29, 0.717) is 28.1 Å². The highest BCUT2D eigenvalue weighted by molar-refractivity contribution is 7.57. The van der Waals surface area contributed by atoms with Gasteiger partial charge < -0.3 is 22.8 Å². The van der Waals surface area contributed by atoms with E-state index in [-0.39, 0.29) is 16.7 Å². The monoisotopic (exact) mass is 809 g/mol. The Morgan fingerprint density at radius 2 is 1.21 bits per heavy atom. The van der Waals surface area contributed by atoms with Crippen LogP contribution in [0.1, 0.15) is 78.9 Å². The Bertz CT molecular complexity index is 2560. The van der Waals surface area contributed by atoms with E-state index in [9.17, 15) is 9.59 Å². The molecule has 8 rings (SSSR count). The van der Waals surface area contributed by atoms with Gasteiger partial charge >= 0.3 is 28.8 Å². The molecule has 294 valence electrons. The van der Waals surface area contributed by atoms with E-state index in [4.69, 9.17) is 22.8 Å². The number of esters is 1. The molecule has 2 heterocycles. The lowest BCUT2D eigenvalue weighted by Crippen LogP contribution is -2.25. The predicted molar refractivity (Wildman–Crippen MR) is 233 cm³/mol. The molecule has 2 aliphatic heterocycles. The van der Waals surface area contributed by atoms with Crippen molar-refractivity contribution < 1.29 is 32.4 Å². The second kappa shape index (κ2) is 15.2. The highest BCUT2D eigenvalue weighted by Gasteiger charge is 2.40. The van der Waals surface area contributed by atoms with Gasteiger partial charge in [0.15, 0.2) is 5.75 Å². The van der Waals surface area contributed by atoms with Crippen molar-refractivity contribution >= 4 is 45.5 Å². The fourth-order valence-electron chi connectivity index (χ4n) is 7.09. The Balaban J connectivity index is 1.37. The standard InChI is InChI=1S/C48H45NO7P2/c1-30-26-31(47(2,3)4)27-37(43(30)54-57-42-25-17-14-21-35(42)34-20-13-16-24-41(34)53-57)38-28-32(48(5,6)7)29-39(45(50)52-8)44(38)55-58-49(33-18-10-9-11-19-33)40-23-15-12-22-36(40)46(51)56-58/h9-29H,1-8H3. The fourth-order valence-corrected chi connectivity index (χ4v) is 10.1. The zero-order valence-corrected chi connectivity index (χ0v) is 35.6. The Morgan fingerprint density at radius 3 is 1.90 bits per heavy atom. The van der Waals surface area contributed by atoms with Gasteiger partial charge in [0.2, 0.25) is 0 Å². The minimum Gasteiger partial charge on any atom is -0.465 e. The van der Waals surface area contributed by atoms with Crippen molar-refractivity contribution in [1.29, 1.82) is 0 Å². The first-order valence-electron chi connectivity index (χ1n) is 19.1. The van der Waals surface area contributed by atoms with Gasteiger partial charge in [-0.15, -0.1) is 0 Å². The molecule has 0 N–H and O–H groups in total. The van der Waals surface area contributed by atoms with Gasteiger partial charge in [-0.2, -0.15) is 0 Å².